The predicted octanol–water partition coefficient (Wildman–Crippen LogP) is 5.24. The Morgan fingerprint density at radius 2 is 1.78 bits per heavy atom. The van der Waals surface area contributed by atoms with Crippen LogP contribution in [0.2, 0.25) is 0 Å². The second-order valence-electron chi connectivity index (χ2n) is 12.1. The Morgan fingerprint density at radius 3 is 2.57 bits per heavy atom. The van der Waals surface area contributed by atoms with Crippen molar-refractivity contribution in [3.63, 3.8) is 0 Å². The number of nitrogens with zero attached hydrogens (tertiary/aromatic N) is 9. The van der Waals surface area contributed by atoms with Crippen LogP contribution in [-0.4, -0.2) is 60.6 Å². The van der Waals surface area contributed by atoms with Crippen molar-refractivity contribution in [3.05, 3.63) is 109 Å². The van der Waals surface area contributed by atoms with Crippen molar-refractivity contribution in [1.82, 2.24) is 34.4 Å². The van der Waals surface area contributed by atoms with E-state index in [0.717, 1.165) is 78.5 Å². The monoisotopic (exact) mass is 608 g/mol. The summed E-state index contributed by atoms with van der Waals surface area (Å²) in [6, 6.07) is 23.5. The van der Waals surface area contributed by atoms with E-state index in [0.29, 0.717) is 11.5 Å². The van der Waals surface area contributed by atoms with E-state index in [1.807, 2.05) is 36.4 Å². The van der Waals surface area contributed by atoms with Crippen molar-refractivity contribution in [2.75, 3.05) is 36.8 Å². The topological polar surface area (TPSA) is 126 Å². The molecule has 0 amide bonds. The summed E-state index contributed by atoms with van der Waals surface area (Å²) in [7, 11) is 0. The highest BCUT2D eigenvalue weighted by atomic mass is 19.1. The molecule has 0 bridgehead atoms. The van der Waals surface area contributed by atoms with Crippen LogP contribution in [0.25, 0.3) is 39.2 Å². The molecule has 0 radical (unpaired) electrons. The van der Waals surface area contributed by atoms with Gasteiger partial charge in [-0.15, -0.1) is 0 Å². The number of anilines is 2. The maximum absolute atomic E-state index is 13.6. The van der Waals surface area contributed by atoms with Crippen LogP contribution >= 0.6 is 0 Å². The predicted molar refractivity (Wildman–Crippen MR) is 173 cm³/mol. The van der Waals surface area contributed by atoms with Crippen molar-refractivity contribution in [2.24, 2.45) is 5.41 Å². The highest BCUT2D eigenvalue weighted by Gasteiger charge is 2.47. The summed E-state index contributed by atoms with van der Waals surface area (Å²) in [5, 5.41) is 9.17. The van der Waals surface area contributed by atoms with E-state index >= 15 is 0 Å². The molecule has 46 heavy (non-hydrogen) atoms. The molecule has 11 heteroatoms. The summed E-state index contributed by atoms with van der Waals surface area (Å²) in [4.78, 5) is 26.5. The number of fused-ring (bicyclic) bond motifs is 1. The number of nitriles is 1. The highest BCUT2D eigenvalue weighted by molar-refractivity contribution is 5.90. The van der Waals surface area contributed by atoms with Gasteiger partial charge in [0.15, 0.2) is 0 Å². The number of hydrogen-bond donors (Lipinski definition) is 1. The summed E-state index contributed by atoms with van der Waals surface area (Å²) < 4.78 is 15.7. The van der Waals surface area contributed by atoms with Gasteiger partial charge in [0.05, 0.1) is 28.6 Å². The summed E-state index contributed by atoms with van der Waals surface area (Å²) in [6.07, 6.45) is 7.42. The lowest BCUT2D eigenvalue weighted by Crippen LogP contribution is -2.56. The van der Waals surface area contributed by atoms with Gasteiger partial charge >= 0.3 is 0 Å². The lowest BCUT2D eigenvalue weighted by Gasteiger charge is -2.48. The third-order valence-corrected chi connectivity index (χ3v) is 9.01. The largest absolute Gasteiger partial charge is 0.383 e. The lowest BCUT2D eigenvalue weighted by molar-refractivity contribution is 0.0117. The second-order valence-corrected chi connectivity index (χ2v) is 12.1. The molecule has 0 atom stereocenters. The Hall–Kier alpha value is -5.73. The number of aromatic nitrogens is 6. The second kappa shape index (κ2) is 11.0. The number of likely N-dealkylation sites (tertiary alicyclic amines) is 1. The molecule has 226 valence electrons. The van der Waals surface area contributed by atoms with Gasteiger partial charge in [0, 0.05) is 73.5 Å². The number of benzene rings is 1. The molecule has 2 aliphatic heterocycles. The zero-order valence-corrected chi connectivity index (χ0v) is 24.9. The lowest BCUT2D eigenvalue weighted by atomic mass is 9.79. The van der Waals surface area contributed by atoms with Crippen molar-refractivity contribution in [1.29, 1.82) is 5.26 Å². The zero-order valence-electron chi connectivity index (χ0n) is 24.9. The van der Waals surface area contributed by atoms with E-state index in [-0.39, 0.29) is 17.1 Å². The molecule has 2 aliphatic rings. The standard InChI is InChI=1S/C35H29FN10/c36-25-5-8-28(42-18-25)24-14-31-29(41-17-24)15-30(27-2-1-11-40-34(27)38)46(31)26-6-3-23(4-7-26)19-44-20-35(21-44)10-13-45(22-35)33-9-12-39-32(16-37)43-33/h1-9,11-12,14-15,17-18H,10,13,19-22H2,(H2,38,40). The molecule has 0 unspecified atom stereocenters. The van der Waals surface area contributed by atoms with E-state index in [9.17, 15) is 9.65 Å². The average molecular weight is 609 g/mol. The van der Waals surface area contributed by atoms with Crippen LogP contribution in [0.5, 0.6) is 0 Å². The number of nitrogens with two attached hydrogens (primary N) is 1. The van der Waals surface area contributed by atoms with E-state index < -0.39 is 0 Å². The van der Waals surface area contributed by atoms with Crippen LogP contribution in [0.4, 0.5) is 16.0 Å². The molecule has 5 aromatic heterocycles. The zero-order chi connectivity index (χ0) is 31.3. The van der Waals surface area contributed by atoms with Gasteiger partial charge in [-0.1, -0.05) is 12.1 Å². The molecule has 8 rings (SSSR count). The van der Waals surface area contributed by atoms with Gasteiger partial charge < -0.3 is 15.2 Å². The first-order valence-electron chi connectivity index (χ1n) is 15.1. The molecule has 10 nitrogen and oxygen atoms in total. The summed E-state index contributed by atoms with van der Waals surface area (Å²) in [5.74, 6) is 1.10. The van der Waals surface area contributed by atoms with Crippen molar-refractivity contribution in [3.8, 4) is 34.3 Å². The van der Waals surface area contributed by atoms with Gasteiger partial charge in [-0.05, 0) is 66.6 Å². The molecule has 7 heterocycles. The molecule has 1 spiro atoms. The van der Waals surface area contributed by atoms with Crippen LogP contribution in [0, 0.1) is 22.6 Å². The van der Waals surface area contributed by atoms with Gasteiger partial charge in [0.1, 0.15) is 23.5 Å². The van der Waals surface area contributed by atoms with E-state index in [1.165, 1.54) is 17.8 Å². The first kappa shape index (κ1) is 27.8. The van der Waals surface area contributed by atoms with Crippen LogP contribution in [0.15, 0.2) is 91.5 Å². The van der Waals surface area contributed by atoms with Gasteiger partial charge in [-0.3, -0.25) is 14.9 Å². The molecule has 2 N–H and O–H groups in total. The van der Waals surface area contributed by atoms with Gasteiger partial charge in [-0.25, -0.2) is 19.3 Å². The van der Waals surface area contributed by atoms with Gasteiger partial charge in [0.2, 0.25) is 5.82 Å². The Morgan fingerprint density at radius 1 is 0.913 bits per heavy atom. The van der Waals surface area contributed by atoms with E-state index in [4.69, 9.17) is 10.7 Å². The fraction of sp³-hybridized carbons (Fsp3) is 0.200. The van der Waals surface area contributed by atoms with Crippen LogP contribution in [0.1, 0.15) is 17.8 Å². The third kappa shape index (κ3) is 4.98. The molecule has 2 saturated heterocycles. The number of pyridine rings is 3. The summed E-state index contributed by atoms with van der Waals surface area (Å²) in [5.41, 5.74) is 13.6. The minimum absolute atomic E-state index is 0.211. The first-order valence-corrected chi connectivity index (χ1v) is 15.1. The quantitative estimate of drug-likeness (QED) is 0.270. The maximum Gasteiger partial charge on any atom is 0.234 e. The smallest absolute Gasteiger partial charge is 0.234 e. The van der Waals surface area contributed by atoms with Crippen molar-refractivity contribution < 1.29 is 4.39 Å². The molecule has 0 aliphatic carbocycles. The maximum atomic E-state index is 13.6. The Labute approximate surface area is 264 Å². The van der Waals surface area contributed by atoms with Crippen LogP contribution in [0.3, 0.4) is 0 Å². The Bertz CT molecular complexity index is 2110. The van der Waals surface area contributed by atoms with Gasteiger partial charge in [0.25, 0.3) is 0 Å². The molecular weight excluding hydrogens is 579 g/mol. The summed E-state index contributed by atoms with van der Waals surface area (Å²) >= 11 is 0. The highest BCUT2D eigenvalue weighted by Crippen LogP contribution is 2.41. The first-order chi connectivity index (χ1) is 22.5. The Balaban J connectivity index is 1.05. The molecular formula is C35H29FN10. The fourth-order valence-electron chi connectivity index (χ4n) is 6.87. The minimum Gasteiger partial charge on any atom is -0.383 e. The molecule has 1 aromatic carbocycles. The molecule has 6 aromatic rings. The van der Waals surface area contributed by atoms with E-state index in [1.54, 1.807) is 24.7 Å². The van der Waals surface area contributed by atoms with Crippen LogP contribution in [-0.2, 0) is 6.54 Å². The normalized spacial score (nSPS) is 15.7. The van der Waals surface area contributed by atoms with Crippen LogP contribution < -0.4 is 10.6 Å². The fourth-order valence-corrected chi connectivity index (χ4v) is 6.87. The number of halogens is 1. The summed E-state index contributed by atoms with van der Waals surface area (Å²) in [6.45, 7) is 4.80. The Kier molecular flexibility index (Phi) is 6.65. The minimum atomic E-state index is -0.383. The third-order valence-electron chi connectivity index (χ3n) is 9.01. The number of hydrogen-bond acceptors (Lipinski definition) is 9. The van der Waals surface area contributed by atoms with Crippen molar-refractivity contribution >= 4 is 22.7 Å². The van der Waals surface area contributed by atoms with E-state index in [2.05, 4.69) is 58.6 Å². The number of nitrogen functional groups attached to an aromatic ring is 1. The van der Waals surface area contributed by atoms with Gasteiger partial charge in [-0.2, -0.15) is 5.26 Å². The van der Waals surface area contributed by atoms with Crippen molar-refractivity contribution in [2.45, 2.75) is 13.0 Å². The molecule has 2 fully saturated rings. The molecule has 0 saturated carbocycles. The average Bonchev–Trinajstić information content (AvgIpc) is 3.68. The SMILES string of the molecule is N#Cc1nccc(N2CCC3(CN(Cc4ccc(-n5c(-c6cccnc6N)cc6ncc(-c7ccc(F)cn7)cc65)cc4)C3)C2)n1. The number of rotatable bonds is 6.